The molecule has 1 aliphatic heterocycles. The minimum absolute atomic E-state index is 0.0988. The predicted octanol–water partition coefficient (Wildman–Crippen LogP) is 1.42. The standard InChI is InChI=1S/C13H16FNO3/c1-8-5-9(14)3-4-12(8)18-10-6-11(15-7-10)13(16)17-2/h3-5,10-11,15H,6-7H2,1-2H3/t10-,11-/m1/s1. The van der Waals surface area contributed by atoms with Crippen LogP contribution in [0.1, 0.15) is 12.0 Å². The van der Waals surface area contributed by atoms with Crippen LogP contribution in [0.15, 0.2) is 18.2 Å². The van der Waals surface area contributed by atoms with Crippen LogP contribution < -0.4 is 10.1 Å². The van der Waals surface area contributed by atoms with Gasteiger partial charge in [0.25, 0.3) is 0 Å². The van der Waals surface area contributed by atoms with E-state index in [9.17, 15) is 9.18 Å². The second kappa shape index (κ2) is 5.35. The fourth-order valence-corrected chi connectivity index (χ4v) is 2.04. The molecular formula is C13H16FNO3. The Morgan fingerprint density at radius 3 is 2.94 bits per heavy atom. The Hall–Kier alpha value is -1.62. The van der Waals surface area contributed by atoms with Gasteiger partial charge in [0, 0.05) is 13.0 Å². The van der Waals surface area contributed by atoms with Gasteiger partial charge >= 0.3 is 5.97 Å². The van der Waals surface area contributed by atoms with Crippen molar-refractivity contribution < 1.29 is 18.7 Å². The summed E-state index contributed by atoms with van der Waals surface area (Å²) in [5.74, 6) is 0.0856. The zero-order chi connectivity index (χ0) is 13.1. The van der Waals surface area contributed by atoms with Gasteiger partial charge in [0.05, 0.1) is 7.11 Å². The summed E-state index contributed by atoms with van der Waals surface area (Å²) in [6, 6.07) is 4.08. The highest BCUT2D eigenvalue weighted by Gasteiger charge is 2.31. The van der Waals surface area contributed by atoms with Crippen molar-refractivity contribution in [2.75, 3.05) is 13.7 Å². The number of rotatable bonds is 3. The van der Waals surface area contributed by atoms with E-state index in [1.54, 1.807) is 13.0 Å². The largest absolute Gasteiger partial charge is 0.489 e. The third-order valence-corrected chi connectivity index (χ3v) is 3.01. The first-order chi connectivity index (χ1) is 8.60. The summed E-state index contributed by atoms with van der Waals surface area (Å²) in [5, 5.41) is 3.03. The quantitative estimate of drug-likeness (QED) is 0.828. The summed E-state index contributed by atoms with van der Waals surface area (Å²) in [6.45, 7) is 2.37. The van der Waals surface area contributed by atoms with E-state index < -0.39 is 0 Å². The van der Waals surface area contributed by atoms with Crippen molar-refractivity contribution in [3.8, 4) is 5.75 Å². The average molecular weight is 253 g/mol. The monoisotopic (exact) mass is 253 g/mol. The Balaban J connectivity index is 1.97. The normalized spacial score (nSPS) is 22.8. The van der Waals surface area contributed by atoms with E-state index in [0.717, 1.165) is 5.56 Å². The summed E-state index contributed by atoms with van der Waals surface area (Å²) >= 11 is 0. The molecule has 1 aliphatic rings. The van der Waals surface area contributed by atoms with Crippen molar-refractivity contribution >= 4 is 5.97 Å². The van der Waals surface area contributed by atoms with Gasteiger partial charge < -0.3 is 14.8 Å². The van der Waals surface area contributed by atoms with Crippen LogP contribution in [0.25, 0.3) is 0 Å². The fraction of sp³-hybridized carbons (Fsp3) is 0.462. The van der Waals surface area contributed by atoms with Gasteiger partial charge in [-0.1, -0.05) is 0 Å². The maximum Gasteiger partial charge on any atom is 0.323 e. The number of ether oxygens (including phenoxy) is 2. The predicted molar refractivity (Wildman–Crippen MR) is 64.0 cm³/mol. The van der Waals surface area contributed by atoms with Gasteiger partial charge in [0.2, 0.25) is 0 Å². The number of carbonyl (C=O) groups is 1. The van der Waals surface area contributed by atoms with Crippen LogP contribution >= 0.6 is 0 Å². The number of halogens is 1. The maximum atomic E-state index is 12.9. The van der Waals surface area contributed by atoms with Crippen molar-refractivity contribution in [2.24, 2.45) is 0 Å². The molecule has 0 saturated carbocycles. The molecule has 0 bridgehead atoms. The number of esters is 1. The number of carbonyl (C=O) groups excluding carboxylic acids is 1. The summed E-state index contributed by atoms with van der Waals surface area (Å²) in [7, 11) is 1.36. The van der Waals surface area contributed by atoms with E-state index >= 15 is 0 Å². The zero-order valence-corrected chi connectivity index (χ0v) is 10.4. The van der Waals surface area contributed by atoms with Gasteiger partial charge in [-0.2, -0.15) is 0 Å². The van der Waals surface area contributed by atoms with Crippen LogP contribution in [0.4, 0.5) is 4.39 Å². The Morgan fingerprint density at radius 1 is 1.50 bits per heavy atom. The van der Waals surface area contributed by atoms with E-state index in [2.05, 4.69) is 10.1 Å². The summed E-state index contributed by atoms with van der Waals surface area (Å²) in [5.41, 5.74) is 0.747. The first kappa shape index (κ1) is 12.8. The van der Waals surface area contributed by atoms with Gasteiger partial charge in [0.15, 0.2) is 0 Å². The van der Waals surface area contributed by atoms with Crippen molar-refractivity contribution in [1.82, 2.24) is 5.32 Å². The molecule has 1 fully saturated rings. The van der Waals surface area contributed by atoms with E-state index in [1.807, 2.05) is 0 Å². The lowest BCUT2D eigenvalue weighted by Crippen LogP contribution is -2.31. The second-order valence-electron chi connectivity index (χ2n) is 4.37. The summed E-state index contributed by atoms with van der Waals surface area (Å²) in [6.07, 6.45) is 0.460. The lowest BCUT2D eigenvalue weighted by molar-refractivity contribution is -0.142. The summed E-state index contributed by atoms with van der Waals surface area (Å²) in [4.78, 5) is 11.3. The molecule has 4 nitrogen and oxygen atoms in total. The highest BCUT2D eigenvalue weighted by atomic mass is 19.1. The number of hydrogen-bond donors (Lipinski definition) is 1. The third kappa shape index (κ3) is 2.79. The molecule has 0 aromatic heterocycles. The highest BCUT2D eigenvalue weighted by molar-refractivity contribution is 5.76. The third-order valence-electron chi connectivity index (χ3n) is 3.01. The molecule has 0 aliphatic carbocycles. The Labute approximate surface area is 105 Å². The van der Waals surface area contributed by atoms with Crippen LogP contribution in [-0.2, 0) is 9.53 Å². The number of methoxy groups -OCH3 is 1. The second-order valence-corrected chi connectivity index (χ2v) is 4.37. The molecule has 0 spiro atoms. The van der Waals surface area contributed by atoms with Crippen molar-refractivity contribution in [3.05, 3.63) is 29.6 Å². The molecule has 0 unspecified atom stereocenters. The molecule has 1 heterocycles. The lowest BCUT2D eigenvalue weighted by atomic mass is 10.2. The van der Waals surface area contributed by atoms with Crippen LogP contribution in [0.5, 0.6) is 5.75 Å². The van der Waals surface area contributed by atoms with Crippen LogP contribution in [0, 0.1) is 12.7 Å². The lowest BCUT2D eigenvalue weighted by Gasteiger charge is -2.14. The molecule has 1 aromatic rings. The zero-order valence-electron chi connectivity index (χ0n) is 10.4. The fourth-order valence-electron chi connectivity index (χ4n) is 2.04. The van der Waals surface area contributed by atoms with Crippen LogP contribution in [-0.4, -0.2) is 31.8 Å². The molecule has 1 N–H and O–H groups in total. The number of benzene rings is 1. The molecule has 1 aromatic carbocycles. The Bertz CT molecular complexity index is 450. The number of aryl methyl sites for hydroxylation is 1. The van der Waals surface area contributed by atoms with E-state index in [-0.39, 0.29) is 23.9 Å². The van der Waals surface area contributed by atoms with Gasteiger partial charge in [-0.15, -0.1) is 0 Å². The minimum atomic E-state index is -0.319. The van der Waals surface area contributed by atoms with Crippen molar-refractivity contribution in [3.63, 3.8) is 0 Å². The molecule has 98 valence electrons. The van der Waals surface area contributed by atoms with Crippen molar-refractivity contribution in [2.45, 2.75) is 25.5 Å². The minimum Gasteiger partial charge on any atom is -0.489 e. The van der Waals surface area contributed by atoms with E-state index in [4.69, 9.17) is 4.74 Å². The average Bonchev–Trinajstić information content (AvgIpc) is 2.80. The van der Waals surface area contributed by atoms with Gasteiger partial charge in [-0.05, 0) is 30.7 Å². The van der Waals surface area contributed by atoms with Gasteiger partial charge in [-0.3, -0.25) is 4.79 Å². The first-order valence-electron chi connectivity index (χ1n) is 5.84. The molecular weight excluding hydrogens is 237 g/mol. The Kier molecular flexibility index (Phi) is 3.81. The van der Waals surface area contributed by atoms with Gasteiger partial charge in [0.1, 0.15) is 23.7 Å². The van der Waals surface area contributed by atoms with Crippen LogP contribution in [0.2, 0.25) is 0 Å². The number of nitrogens with one attached hydrogen (secondary N) is 1. The highest BCUT2D eigenvalue weighted by Crippen LogP contribution is 2.22. The smallest absolute Gasteiger partial charge is 0.323 e. The molecule has 0 radical (unpaired) electrons. The van der Waals surface area contributed by atoms with Gasteiger partial charge in [-0.25, -0.2) is 4.39 Å². The topological polar surface area (TPSA) is 47.6 Å². The Morgan fingerprint density at radius 2 is 2.28 bits per heavy atom. The molecule has 2 atom stereocenters. The van der Waals surface area contributed by atoms with Crippen LogP contribution in [0.3, 0.4) is 0 Å². The maximum absolute atomic E-state index is 12.9. The van der Waals surface area contributed by atoms with Crippen molar-refractivity contribution in [1.29, 1.82) is 0 Å². The summed E-state index contributed by atoms with van der Waals surface area (Å²) < 4.78 is 23.4. The molecule has 2 rings (SSSR count). The SMILES string of the molecule is COC(=O)[C@H]1C[C@@H](Oc2ccc(F)cc2C)CN1. The molecule has 1 saturated heterocycles. The number of hydrogen-bond acceptors (Lipinski definition) is 4. The molecule has 18 heavy (non-hydrogen) atoms. The molecule has 0 amide bonds. The first-order valence-corrected chi connectivity index (χ1v) is 5.84. The molecule has 5 heteroatoms. The van der Waals surface area contributed by atoms with E-state index in [1.165, 1.54) is 19.2 Å². The van der Waals surface area contributed by atoms with E-state index in [0.29, 0.717) is 18.7 Å².